The van der Waals surface area contributed by atoms with Crippen LogP contribution >= 0.6 is 0 Å². The fourth-order valence-electron chi connectivity index (χ4n) is 2.82. The molecule has 1 aliphatic carbocycles. The van der Waals surface area contributed by atoms with E-state index >= 15 is 0 Å². The molecule has 5 nitrogen and oxygen atoms in total. The fraction of sp³-hybridized carbons (Fsp3) is 0.333. The molecule has 24 heavy (non-hydrogen) atoms. The van der Waals surface area contributed by atoms with Crippen LogP contribution < -0.4 is 5.32 Å². The quantitative estimate of drug-likeness (QED) is 0.853. The minimum Gasteiger partial charge on any atom is -0.457 e. The van der Waals surface area contributed by atoms with Crippen molar-refractivity contribution >= 4 is 11.9 Å². The van der Waals surface area contributed by atoms with E-state index in [2.05, 4.69) is 5.32 Å². The van der Waals surface area contributed by atoms with E-state index in [0.717, 1.165) is 25.7 Å². The van der Waals surface area contributed by atoms with Gasteiger partial charge in [0.1, 0.15) is 5.82 Å². The van der Waals surface area contributed by atoms with Crippen LogP contribution in [0.15, 0.2) is 47.1 Å². The van der Waals surface area contributed by atoms with Crippen LogP contribution in [0.3, 0.4) is 0 Å². The van der Waals surface area contributed by atoms with E-state index in [1.54, 1.807) is 6.07 Å². The maximum absolute atomic E-state index is 13.1. The number of halogens is 1. The normalized spacial score (nSPS) is 15.9. The van der Waals surface area contributed by atoms with Gasteiger partial charge in [0.05, 0.1) is 6.26 Å². The summed E-state index contributed by atoms with van der Waals surface area (Å²) in [5.74, 6) is -1.56. The lowest BCUT2D eigenvalue weighted by Crippen LogP contribution is -2.38. The molecule has 2 aromatic rings. The third-order valence-corrected chi connectivity index (χ3v) is 4.06. The predicted octanol–water partition coefficient (Wildman–Crippen LogP) is 3.38. The Bertz CT molecular complexity index is 690. The highest BCUT2D eigenvalue weighted by Crippen LogP contribution is 2.23. The molecule has 1 aromatic carbocycles. The maximum atomic E-state index is 13.1. The van der Waals surface area contributed by atoms with Crippen molar-refractivity contribution in [3.63, 3.8) is 0 Å². The van der Waals surface area contributed by atoms with Crippen molar-refractivity contribution < 1.29 is 23.1 Å². The topological polar surface area (TPSA) is 68.5 Å². The van der Waals surface area contributed by atoms with Crippen molar-refractivity contribution in [3.8, 4) is 0 Å². The monoisotopic (exact) mass is 331 g/mol. The van der Waals surface area contributed by atoms with E-state index in [-0.39, 0.29) is 11.8 Å². The summed E-state index contributed by atoms with van der Waals surface area (Å²) >= 11 is 0. The number of benzene rings is 1. The number of furan rings is 1. The van der Waals surface area contributed by atoms with Gasteiger partial charge in [-0.25, -0.2) is 9.18 Å². The number of carbonyl (C=O) groups is 2. The molecule has 3 rings (SSSR count). The summed E-state index contributed by atoms with van der Waals surface area (Å²) in [6.45, 7) is 0. The van der Waals surface area contributed by atoms with Crippen LogP contribution in [0.2, 0.25) is 0 Å². The van der Waals surface area contributed by atoms with Crippen LogP contribution in [0.4, 0.5) is 4.39 Å². The molecule has 1 saturated carbocycles. The summed E-state index contributed by atoms with van der Waals surface area (Å²) in [6, 6.07) is 8.43. The Morgan fingerprint density at radius 3 is 2.50 bits per heavy atom. The summed E-state index contributed by atoms with van der Waals surface area (Å²) in [7, 11) is 0. The lowest BCUT2D eigenvalue weighted by atomic mass is 10.1. The Labute approximate surface area is 138 Å². The van der Waals surface area contributed by atoms with Gasteiger partial charge in [-0.2, -0.15) is 0 Å². The van der Waals surface area contributed by atoms with E-state index in [0.29, 0.717) is 5.56 Å². The van der Waals surface area contributed by atoms with Gasteiger partial charge in [0.2, 0.25) is 11.9 Å². The van der Waals surface area contributed by atoms with Crippen molar-refractivity contribution in [2.24, 2.45) is 0 Å². The lowest BCUT2D eigenvalue weighted by molar-refractivity contribution is -0.131. The highest BCUT2D eigenvalue weighted by atomic mass is 19.1. The van der Waals surface area contributed by atoms with Gasteiger partial charge in [0.15, 0.2) is 0 Å². The van der Waals surface area contributed by atoms with Crippen LogP contribution in [0.25, 0.3) is 0 Å². The molecule has 0 saturated heterocycles. The number of ether oxygens (including phenoxy) is 1. The zero-order chi connectivity index (χ0) is 16.9. The Morgan fingerprint density at radius 2 is 1.88 bits per heavy atom. The van der Waals surface area contributed by atoms with Gasteiger partial charge in [0.25, 0.3) is 5.91 Å². The number of amides is 1. The van der Waals surface area contributed by atoms with Crippen LogP contribution in [0.1, 0.15) is 47.9 Å². The molecule has 0 radical (unpaired) electrons. The number of hydrogen-bond donors (Lipinski definition) is 1. The Balaban J connectivity index is 1.78. The van der Waals surface area contributed by atoms with Crippen molar-refractivity contribution in [1.29, 1.82) is 0 Å². The zero-order valence-corrected chi connectivity index (χ0v) is 13.0. The maximum Gasteiger partial charge on any atom is 0.375 e. The number of esters is 1. The molecule has 126 valence electrons. The van der Waals surface area contributed by atoms with E-state index in [1.165, 1.54) is 36.6 Å². The average Bonchev–Trinajstić information content (AvgIpc) is 3.27. The van der Waals surface area contributed by atoms with Gasteiger partial charge in [-0.15, -0.1) is 0 Å². The molecular formula is C18H18FNO4. The van der Waals surface area contributed by atoms with Crippen LogP contribution in [-0.4, -0.2) is 17.9 Å². The number of hydrogen-bond acceptors (Lipinski definition) is 4. The summed E-state index contributed by atoms with van der Waals surface area (Å²) in [5.41, 5.74) is 0.409. The summed E-state index contributed by atoms with van der Waals surface area (Å²) in [5, 5.41) is 2.90. The lowest BCUT2D eigenvalue weighted by Gasteiger charge is -2.20. The molecule has 1 unspecified atom stereocenters. The van der Waals surface area contributed by atoms with Gasteiger partial charge in [-0.05, 0) is 37.1 Å². The van der Waals surface area contributed by atoms with Crippen molar-refractivity contribution in [2.45, 2.75) is 37.8 Å². The number of rotatable bonds is 5. The molecule has 1 fully saturated rings. The minimum atomic E-state index is -1.15. The first-order valence-corrected chi connectivity index (χ1v) is 7.94. The van der Waals surface area contributed by atoms with Crippen LogP contribution in [-0.2, 0) is 9.53 Å². The van der Waals surface area contributed by atoms with Gasteiger partial charge >= 0.3 is 5.97 Å². The van der Waals surface area contributed by atoms with Gasteiger partial charge < -0.3 is 14.5 Å². The van der Waals surface area contributed by atoms with Gasteiger partial charge in [-0.3, -0.25) is 4.79 Å². The smallest absolute Gasteiger partial charge is 0.375 e. The standard InChI is InChI=1S/C18H18FNO4/c19-13-9-7-12(8-10-13)16(17(21)20-14-4-1-2-5-14)24-18(22)15-6-3-11-23-15/h3,6-11,14,16H,1-2,4-5H2,(H,20,21). The first-order valence-electron chi connectivity index (χ1n) is 7.94. The highest BCUT2D eigenvalue weighted by Gasteiger charge is 2.29. The van der Waals surface area contributed by atoms with Crippen molar-refractivity contribution in [2.75, 3.05) is 0 Å². The number of nitrogens with one attached hydrogen (secondary N) is 1. The Kier molecular flexibility index (Phi) is 4.93. The third kappa shape index (κ3) is 3.82. The molecular weight excluding hydrogens is 313 g/mol. The van der Waals surface area contributed by atoms with Crippen LogP contribution in [0.5, 0.6) is 0 Å². The molecule has 0 bridgehead atoms. The molecule has 0 spiro atoms. The van der Waals surface area contributed by atoms with Crippen molar-refractivity contribution in [3.05, 3.63) is 59.8 Å². The summed E-state index contributed by atoms with van der Waals surface area (Å²) in [4.78, 5) is 24.7. The predicted molar refractivity (Wildman–Crippen MR) is 83.7 cm³/mol. The number of carbonyl (C=O) groups excluding carboxylic acids is 2. The molecule has 1 heterocycles. The Morgan fingerprint density at radius 1 is 1.17 bits per heavy atom. The third-order valence-electron chi connectivity index (χ3n) is 4.06. The largest absolute Gasteiger partial charge is 0.457 e. The summed E-state index contributed by atoms with van der Waals surface area (Å²) < 4.78 is 23.5. The minimum absolute atomic E-state index is 0.00998. The molecule has 1 aliphatic rings. The second-order valence-corrected chi connectivity index (χ2v) is 5.80. The fourth-order valence-corrected chi connectivity index (χ4v) is 2.82. The Hall–Kier alpha value is -2.63. The molecule has 6 heteroatoms. The first kappa shape index (κ1) is 16.2. The highest BCUT2D eigenvalue weighted by molar-refractivity contribution is 5.90. The SMILES string of the molecule is O=C(OC(C(=O)NC1CCCC1)c1ccc(F)cc1)c1ccco1. The van der Waals surface area contributed by atoms with Crippen LogP contribution in [0, 0.1) is 5.82 Å². The summed E-state index contributed by atoms with van der Waals surface area (Å²) in [6.07, 6.45) is 4.16. The molecule has 1 atom stereocenters. The van der Waals surface area contributed by atoms with Crippen molar-refractivity contribution in [1.82, 2.24) is 5.32 Å². The second kappa shape index (κ2) is 7.29. The second-order valence-electron chi connectivity index (χ2n) is 5.80. The van der Waals surface area contributed by atoms with E-state index in [1.807, 2.05) is 0 Å². The van der Waals surface area contributed by atoms with E-state index in [9.17, 15) is 14.0 Å². The van der Waals surface area contributed by atoms with Gasteiger partial charge in [-0.1, -0.05) is 25.0 Å². The van der Waals surface area contributed by atoms with E-state index < -0.39 is 23.8 Å². The molecule has 1 N–H and O–H groups in total. The molecule has 1 amide bonds. The van der Waals surface area contributed by atoms with Gasteiger partial charge in [0, 0.05) is 11.6 Å². The molecule has 1 aromatic heterocycles. The zero-order valence-electron chi connectivity index (χ0n) is 13.0. The van der Waals surface area contributed by atoms with E-state index in [4.69, 9.17) is 9.15 Å². The first-order chi connectivity index (χ1) is 11.6. The molecule has 0 aliphatic heterocycles. The average molecular weight is 331 g/mol.